The van der Waals surface area contributed by atoms with E-state index in [4.69, 9.17) is 0 Å². The highest BCUT2D eigenvalue weighted by Gasteiger charge is 2.18. The van der Waals surface area contributed by atoms with Crippen molar-refractivity contribution in [2.45, 2.75) is 38.5 Å². The summed E-state index contributed by atoms with van der Waals surface area (Å²) in [6.07, 6.45) is 8.39. The van der Waals surface area contributed by atoms with Crippen LogP contribution in [0.15, 0.2) is 36.5 Å². The van der Waals surface area contributed by atoms with E-state index in [-0.39, 0.29) is 5.91 Å². The van der Waals surface area contributed by atoms with Crippen molar-refractivity contribution >= 4 is 16.8 Å². The lowest BCUT2D eigenvalue weighted by atomic mass is 10.0. The number of carbonyl (C=O) groups is 1. The molecule has 110 valence electrons. The monoisotopic (exact) mass is 282 g/mol. The minimum Gasteiger partial charge on any atom is -0.356 e. The van der Waals surface area contributed by atoms with E-state index >= 15 is 0 Å². The Balaban J connectivity index is 1.53. The number of hydrogen-bond donors (Lipinski definition) is 1. The molecule has 1 saturated carbocycles. The smallest absolute Gasteiger partial charge is 0.220 e. The molecule has 0 saturated heterocycles. The van der Waals surface area contributed by atoms with Crippen LogP contribution in [0.3, 0.4) is 0 Å². The van der Waals surface area contributed by atoms with Gasteiger partial charge in [0.1, 0.15) is 0 Å². The number of para-hydroxylation sites is 1. The second-order valence-corrected chi connectivity index (χ2v) is 5.95. The van der Waals surface area contributed by atoms with E-state index in [1.54, 1.807) is 0 Å². The Bertz CT molecular complexity index is 612. The number of nitrogens with zero attached hydrogens (tertiary/aromatic N) is 1. The van der Waals surface area contributed by atoms with Crippen molar-refractivity contribution in [3.05, 3.63) is 42.1 Å². The van der Waals surface area contributed by atoms with Crippen LogP contribution in [-0.4, -0.2) is 17.4 Å². The zero-order chi connectivity index (χ0) is 14.5. The molecule has 3 heteroatoms. The first kappa shape index (κ1) is 14.1. The molecule has 3 rings (SSSR count). The van der Waals surface area contributed by atoms with Crippen LogP contribution >= 0.6 is 0 Å². The first-order valence-electron chi connectivity index (χ1n) is 7.92. The van der Waals surface area contributed by atoms with Gasteiger partial charge in [-0.25, -0.2) is 0 Å². The van der Waals surface area contributed by atoms with Crippen LogP contribution in [0, 0.1) is 5.92 Å². The average molecular weight is 282 g/mol. The summed E-state index contributed by atoms with van der Waals surface area (Å²) in [6, 6.07) is 10.3. The maximum Gasteiger partial charge on any atom is 0.220 e. The van der Waals surface area contributed by atoms with Crippen molar-refractivity contribution in [1.82, 2.24) is 10.3 Å². The van der Waals surface area contributed by atoms with Crippen molar-refractivity contribution in [2.75, 3.05) is 6.54 Å². The molecule has 1 aromatic carbocycles. The maximum absolute atomic E-state index is 11.9. The molecule has 0 aliphatic heterocycles. The van der Waals surface area contributed by atoms with E-state index in [9.17, 15) is 4.79 Å². The molecule has 0 spiro atoms. The number of aromatic nitrogens is 1. The van der Waals surface area contributed by atoms with Crippen molar-refractivity contribution in [3.8, 4) is 0 Å². The Morgan fingerprint density at radius 2 is 2.00 bits per heavy atom. The molecule has 1 aliphatic rings. The molecule has 1 fully saturated rings. The van der Waals surface area contributed by atoms with Gasteiger partial charge in [-0.1, -0.05) is 37.1 Å². The van der Waals surface area contributed by atoms with Crippen molar-refractivity contribution < 1.29 is 4.79 Å². The summed E-state index contributed by atoms with van der Waals surface area (Å²) in [6.45, 7) is 0.696. The summed E-state index contributed by atoms with van der Waals surface area (Å²) in [7, 11) is 0. The lowest BCUT2D eigenvalue weighted by Gasteiger charge is -2.10. The Hall–Kier alpha value is -1.90. The van der Waals surface area contributed by atoms with Crippen LogP contribution < -0.4 is 5.32 Å². The lowest BCUT2D eigenvalue weighted by molar-refractivity contribution is -0.121. The molecule has 1 heterocycles. The van der Waals surface area contributed by atoms with Gasteiger partial charge < -0.3 is 5.32 Å². The SMILES string of the molecule is O=C(CC1CCCC1)NCCc1cccc2cccnc12. The van der Waals surface area contributed by atoms with Gasteiger partial charge in [0.25, 0.3) is 0 Å². The number of nitrogens with one attached hydrogen (secondary N) is 1. The molecule has 2 aromatic rings. The van der Waals surface area contributed by atoms with Gasteiger partial charge in [-0.3, -0.25) is 9.78 Å². The quantitative estimate of drug-likeness (QED) is 0.912. The maximum atomic E-state index is 11.9. The second-order valence-electron chi connectivity index (χ2n) is 5.95. The zero-order valence-corrected chi connectivity index (χ0v) is 12.3. The molecular formula is C18H22N2O. The number of benzene rings is 1. The molecule has 0 atom stereocenters. The summed E-state index contributed by atoms with van der Waals surface area (Å²) >= 11 is 0. The first-order valence-corrected chi connectivity index (χ1v) is 7.92. The van der Waals surface area contributed by atoms with Gasteiger partial charge in [-0.05, 0) is 36.8 Å². The molecule has 1 aromatic heterocycles. The molecule has 21 heavy (non-hydrogen) atoms. The minimum absolute atomic E-state index is 0.204. The van der Waals surface area contributed by atoms with Crippen LogP contribution in [0.5, 0.6) is 0 Å². The van der Waals surface area contributed by atoms with Crippen LogP contribution in [-0.2, 0) is 11.2 Å². The van der Waals surface area contributed by atoms with E-state index in [2.05, 4.69) is 34.6 Å². The van der Waals surface area contributed by atoms with Crippen LogP contribution in [0.25, 0.3) is 10.9 Å². The van der Waals surface area contributed by atoms with Crippen molar-refractivity contribution in [2.24, 2.45) is 5.92 Å². The Labute approximate surface area is 125 Å². The van der Waals surface area contributed by atoms with Crippen molar-refractivity contribution in [1.29, 1.82) is 0 Å². The molecule has 0 radical (unpaired) electrons. The number of amides is 1. The summed E-state index contributed by atoms with van der Waals surface area (Å²) in [5.74, 6) is 0.819. The Morgan fingerprint density at radius 1 is 1.19 bits per heavy atom. The van der Waals surface area contributed by atoms with E-state index in [1.165, 1.54) is 31.2 Å². The summed E-state index contributed by atoms with van der Waals surface area (Å²) in [4.78, 5) is 16.4. The summed E-state index contributed by atoms with van der Waals surface area (Å²) < 4.78 is 0. The van der Waals surface area contributed by atoms with Crippen LogP contribution in [0.2, 0.25) is 0 Å². The highest BCUT2D eigenvalue weighted by Crippen LogP contribution is 2.27. The third-order valence-electron chi connectivity index (χ3n) is 4.38. The summed E-state index contributed by atoms with van der Waals surface area (Å²) in [5, 5.41) is 4.22. The van der Waals surface area contributed by atoms with Gasteiger partial charge in [-0.2, -0.15) is 0 Å². The fourth-order valence-corrected chi connectivity index (χ4v) is 3.25. The van der Waals surface area contributed by atoms with E-state index in [1.807, 2.05) is 12.3 Å². The molecule has 1 aliphatic carbocycles. The molecule has 1 amide bonds. The normalized spacial score (nSPS) is 15.4. The van der Waals surface area contributed by atoms with E-state index in [0.717, 1.165) is 17.3 Å². The largest absolute Gasteiger partial charge is 0.356 e. The van der Waals surface area contributed by atoms with Gasteiger partial charge in [0, 0.05) is 24.5 Å². The molecule has 1 N–H and O–H groups in total. The lowest BCUT2D eigenvalue weighted by Crippen LogP contribution is -2.27. The number of carbonyl (C=O) groups excluding carboxylic acids is 1. The molecule has 0 bridgehead atoms. The predicted octanol–water partition coefficient (Wildman–Crippen LogP) is 3.47. The topological polar surface area (TPSA) is 42.0 Å². The standard InChI is InChI=1S/C18H22N2O/c21-17(13-14-5-1-2-6-14)19-12-10-16-8-3-7-15-9-4-11-20-18(15)16/h3-4,7-9,11,14H,1-2,5-6,10,12-13H2,(H,19,21). The number of pyridine rings is 1. The van der Waals surface area contributed by atoms with Crippen LogP contribution in [0.4, 0.5) is 0 Å². The van der Waals surface area contributed by atoms with Gasteiger partial charge in [0.05, 0.1) is 5.52 Å². The zero-order valence-electron chi connectivity index (χ0n) is 12.3. The molecule has 0 unspecified atom stereocenters. The molecular weight excluding hydrogens is 260 g/mol. The predicted molar refractivity (Wildman–Crippen MR) is 85.0 cm³/mol. The van der Waals surface area contributed by atoms with Gasteiger partial charge in [-0.15, -0.1) is 0 Å². The van der Waals surface area contributed by atoms with Gasteiger partial charge >= 0.3 is 0 Å². The van der Waals surface area contributed by atoms with E-state index in [0.29, 0.717) is 18.9 Å². The number of hydrogen-bond acceptors (Lipinski definition) is 2. The third kappa shape index (κ3) is 3.60. The minimum atomic E-state index is 0.204. The van der Waals surface area contributed by atoms with Crippen molar-refractivity contribution in [3.63, 3.8) is 0 Å². The fourth-order valence-electron chi connectivity index (χ4n) is 3.25. The first-order chi connectivity index (χ1) is 10.3. The Morgan fingerprint density at radius 3 is 2.86 bits per heavy atom. The highest BCUT2D eigenvalue weighted by molar-refractivity contribution is 5.81. The molecule has 3 nitrogen and oxygen atoms in total. The highest BCUT2D eigenvalue weighted by atomic mass is 16.1. The third-order valence-corrected chi connectivity index (χ3v) is 4.38. The van der Waals surface area contributed by atoms with E-state index < -0.39 is 0 Å². The second kappa shape index (κ2) is 6.70. The number of fused-ring (bicyclic) bond motifs is 1. The summed E-state index contributed by atoms with van der Waals surface area (Å²) in [5.41, 5.74) is 2.25. The van der Waals surface area contributed by atoms with Gasteiger partial charge in [0.15, 0.2) is 0 Å². The average Bonchev–Trinajstić information content (AvgIpc) is 3.00. The number of rotatable bonds is 5. The van der Waals surface area contributed by atoms with Crippen LogP contribution in [0.1, 0.15) is 37.7 Å². The Kier molecular flexibility index (Phi) is 4.49. The fraction of sp³-hybridized carbons (Fsp3) is 0.444. The van der Waals surface area contributed by atoms with Gasteiger partial charge in [0.2, 0.25) is 5.91 Å².